The summed E-state index contributed by atoms with van der Waals surface area (Å²) in [4.78, 5) is 29.0. The van der Waals surface area contributed by atoms with Crippen LogP contribution in [0.5, 0.6) is 0 Å². The van der Waals surface area contributed by atoms with Gasteiger partial charge in [-0.3, -0.25) is 9.59 Å². The number of carbonyl (C=O) groups excluding carboxylic acids is 1. The number of nitrogens with zero attached hydrogens (tertiary/aromatic N) is 1. The van der Waals surface area contributed by atoms with Crippen molar-refractivity contribution in [3.05, 3.63) is 33.4 Å². The molecule has 5 nitrogen and oxygen atoms in total. The molecule has 1 aliphatic rings. The van der Waals surface area contributed by atoms with Crippen LogP contribution in [0.2, 0.25) is 0 Å². The van der Waals surface area contributed by atoms with Crippen LogP contribution in [0.3, 0.4) is 0 Å². The lowest BCUT2D eigenvalue weighted by Gasteiger charge is -2.13. The van der Waals surface area contributed by atoms with Crippen LogP contribution in [-0.4, -0.2) is 40.1 Å². The number of nitrogens with one attached hydrogen (secondary N) is 1. The van der Waals surface area contributed by atoms with Gasteiger partial charge in [-0.25, -0.2) is 0 Å². The smallest absolute Gasteiger partial charge is 0.264 e. The predicted octanol–water partition coefficient (Wildman–Crippen LogP) is 0.796. The fourth-order valence-corrected chi connectivity index (χ4v) is 3.15. The summed E-state index contributed by atoms with van der Waals surface area (Å²) >= 11 is 1.28. The molecular formula is C12H12N2O3S. The van der Waals surface area contributed by atoms with E-state index in [1.807, 2.05) is 0 Å². The topological polar surface area (TPSA) is 73.4 Å². The van der Waals surface area contributed by atoms with Crippen molar-refractivity contribution < 1.29 is 9.90 Å². The molecule has 0 radical (unpaired) electrons. The molecule has 0 bridgehead atoms. The number of amides is 1. The van der Waals surface area contributed by atoms with Crippen molar-refractivity contribution in [2.45, 2.75) is 12.5 Å². The van der Waals surface area contributed by atoms with Crippen LogP contribution in [0.15, 0.2) is 23.0 Å². The summed E-state index contributed by atoms with van der Waals surface area (Å²) in [5, 5.41) is 10.3. The van der Waals surface area contributed by atoms with Gasteiger partial charge in [0.15, 0.2) is 0 Å². The van der Waals surface area contributed by atoms with Crippen LogP contribution < -0.4 is 5.56 Å². The van der Waals surface area contributed by atoms with Crippen molar-refractivity contribution in [2.75, 3.05) is 13.1 Å². The average molecular weight is 264 g/mol. The van der Waals surface area contributed by atoms with Crippen molar-refractivity contribution in [1.82, 2.24) is 9.88 Å². The summed E-state index contributed by atoms with van der Waals surface area (Å²) in [6.45, 7) is 0.981. The molecule has 0 aromatic carbocycles. The van der Waals surface area contributed by atoms with E-state index in [1.54, 1.807) is 17.0 Å². The highest BCUT2D eigenvalue weighted by molar-refractivity contribution is 7.20. The molecule has 0 aliphatic carbocycles. The van der Waals surface area contributed by atoms with E-state index in [-0.39, 0.29) is 11.5 Å². The number of aliphatic hydroxyl groups excluding tert-OH is 1. The van der Waals surface area contributed by atoms with Crippen LogP contribution in [0.25, 0.3) is 10.2 Å². The SMILES string of the molecule is O=C(c1cc2ccc(=O)[nH]c2s1)N1CC[C@H](O)C1. The van der Waals surface area contributed by atoms with Crippen LogP contribution >= 0.6 is 11.3 Å². The first-order valence-corrected chi connectivity index (χ1v) is 6.55. The van der Waals surface area contributed by atoms with Crippen molar-refractivity contribution >= 4 is 27.5 Å². The highest BCUT2D eigenvalue weighted by Crippen LogP contribution is 2.25. The zero-order valence-corrected chi connectivity index (χ0v) is 10.4. The van der Waals surface area contributed by atoms with Gasteiger partial charge in [0, 0.05) is 24.5 Å². The molecule has 2 aromatic rings. The lowest BCUT2D eigenvalue weighted by Crippen LogP contribution is -2.28. The number of pyridine rings is 1. The van der Waals surface area contributed by atoms with Gasteiger partial charge in [-0.05, 0) is 18.6 Å². The summed E-state index contributed by atoms with van der Waals surface area (Å²) in [7, 11) is 0. The molecule has 3 heterocycles. The molecular weight excluding hydrogens is 252 g/mol. The maximum Gasteiger partial charge on any atom is 0.264 e. The Labute approximate surface area is 107 Å². The molecule has 3 rings (SSSR count). The largest absolute Gasteiger partial charge is 0.391 e. The van der Waals surface area contributed by atoms with Crippen LogP contribution in [0, 0.1) is 0 Å². The number of aromatic nitrogens is 1. The fourth-order valence-electron chi connectivity index (χ4n) is 2.13. The van der Waals surface area contributed by atoms with Gasteiger partial charge in [-0.1, -0.05) is 0 Å². The molecule has 1 fully saturated rings. The van der Waals surface area contributed by atoms with E-state index in [9.17, 15) is 14.7 Å². The van der Waals surface area contributed by atoms with Gasteiger partial charge in [-0.2, -0.15) is 0 Å². The Morgan fingerprint density at radius 1 is 1.50 bits per heavy atom. The molecule has 0 spiro atoms. The number of carbonyl (C=O) groups is 1. The second-order valence-corrected chi connectivity index (χ2v) is 5.46. The van der Waals surface area contributed by atoms with Crippen molar-refractivity contribution in [3.63, 3.8) is 0 Å². The van der Waals surface area contributed by atoms with Gasteiger partial charge in [0.1, 0.15) is 4.83 Å². The average Bonchev–Trinajstić information content (AvgIpc) is 2.93. The Kier molecular flexibility index (Phi) is 2.68. The third-order valence-corrected chi connectivity index (χ3v) is 4.13. The minimum absolute atomic E-state index is 0.0754. The minimum atomic E-state index is -0.414. The molecule has 0 unspecified atom stereocenters. The van der Waals surface area contributed by atoms with E-state index in [0.717, 1.165) is 5.39 Å². The Balaban J connectivity index is 1.94. The second-order valence-electron chi connectivity index (χ2n) is 4.41. The number of likely N-dealkylation sites (tertiary alicyclic amines) is 1. The number of aromatic amines is 1. The maximum absolute atomic E-state index is 12.2. The number of aliphatic hydroxyl groups is 1. The standard InChI is InChI=1S/C12H12N2O3S/c15-8-3-4-14(6-8)12(17)9-5-7-1-2-10(16)13-11(7)18-9/h1-2,5,8,15H,3-4,6H2,(H,13,16)/t8-/m0/s1. The number of H-pyrrole nitrogens is 1. The molecule has 6 heteroatoms. The van der Waals surface area contributed by atoms with Crippen LogP contribution in [0.4, 0.5) is 0 Å². The first-order valence-electron chi connectivity index (χ1n) is 5.74. The van der Waals surface area contributed by atoms with Crippen molar-refractivity contribution in [1.29, 1.82) is 0 Å². The van der Waals surface area contributed by atoms with Gasteiger partial charge in [0.25, 0.3) is 5.91 Å². The quantitative estimate of drug-likeness (QED) is 0.800. The zero-order chi connectivity index (χ0) is 12.7. The van der Waals surface area contributed by atoms with E-state index in [1.165, 1.54) is 17.4 Å². The van der Waals surface area contributed by atoms with Gasteiger partial charge in [-0.15, -0.1) is 11.3 Å². The Bertz CT molecular complexity index is 661. The normalized spacial score (nSPS) is 19.6. The summed E-state index contributed by atoms with van der Waals surface area (Å²) in [6.07, 6.45) is 0.219. The second kappa shape index (κ2) is 4.22. The Morgan fingerprint density at radius 2 is 2.33 bits per heavy atom. The monoisotopic (exact) mass is 264 g/mol. The number of β-amino-alcohol motifs (C(OH)–C–C–N with tert-alkyl or cyclic N) is 1. The van der Waals surface area contributed by atoms with Gasteiger partial charge >= 0.3 is 0 Å². The van der Waals surface area contributed by atoms with Crippen LogP contribution in [-0.2, 0) is 0 Å². The predicted molar refractivity (Wildman–Crippen MR) is 69.0 cm³/mol. The molecule has 2 aromatic heterocycles. The molecule has 0 saturated carbocycles. The van der Waals surface area contributed by atoms with Gasteiger partial charge in [0.05, 0.1) is 11.0 Å². The molecule has 18 heavy (non-hydrogen) atoms. The van der Waals surface area contributed by atoms with E-state index in [2.05, 4.69) is 4.98 Å². The lowest BCUT2D eigenvalue weighted by atomic mass is 10.3. The van der Waals surface area contributed by atoms with Gasteiger partial charge in [0.2, 0.25) is 5.56 Å². The molecule has 1 atom stereocenters. The summed E-state index contributed by atoms with van der Waals surface area (Å²) < 4.78 is 0. The molecule has 1 amide bonds. The first kappa shape index (κ1) is 11.4. The van der Waals surface area contributed by atoms with Gasteiger partial charge < -0.3 is 15.0 Å². The summed E-state index contributed by atoms with van der Waals surface area (Å²) in [5.41, 5.74) is -0.167. The number of thiophene rings is 1. The first-order chi connectivity index (χ1) is 8.63. The van der Waals surface area contributed by atoms with Crippen molar-refractivity contribution in [3.8, 4) is 0 Å². The number of hydrogen-bond donors (Lipinski definition) is 2. The van der Waals surface area contributed by atoms with E-state index >= 15 is 0 Å². The third-order valence-electron chi connectivity index (χ3n) is 3.07. The Morgan fingerprint density at radius 3 is 3.06 bits per heavy atom. The Hall–Kier alpha value is -1.66. The summed E-state index contributed by atoms with van der Waals surface area (Å²) in [5.74, 6) is -0.0754. The lowest BCUT2D eigenvalue weighted by molar-refractivity contribution is 0.0770. The molecule has 1 saturated heterocycles. The number of rotatable bonds is 1. The van der Waals surface area contributed by atoms with E-state index < -0.39 is 6.10 Å². The minimum Gasteiger partial charge on any atom is -0.391 e. The fraction of sp³-hybridized carbons (Fsp3) is 0.333. The summed E-state index contributed by atoms with van der Waals surface area (Å²) in [6, 6.07) is 4.94. The number of hydrogen-bond acceptors (Lipinski definition) is 4. The van der Waals surface area contributed by atoms with Crippen molar-refractivity contribution in [2.24, 2.45) is 0 Å². The maximum atomic E-state index is 12.2. The molecule has 94 valence electrons. The van der Waals surface area contributed by atoms with E-state index in [4.69, 9.17) is 0 Å². The molecule has 2 N–H and O–H groups in total. The zero-order valence-electron chi connectivity index (χ0n) is 9.55. The van der Waals surface area contributed by atoms with E-state index in [0.29, 0.717) is 29.2 Å². The highest BCUT2D eigenvalue weighted by Gasteiger charge is 2.26. The number of fused-ring (bicyclic) bond motifs is 1. The third kappa shape index (κ3) is 1.93. The molecule has 1 aliphatic heterocycles. The highest BCUT2D eigenvalue weighted by atomic mass is 32.1. The van der Waals surface area contributed by atoms with Crippen LogP contribution in [0.1, 0.15) is 16.1 Å².